The number of rotatable bonds is 2. The van der Waals surface area contributed by atoms with Gasteiger partial charge < -0.3 is 9.15 Å². The Morgan fingerprint density at radius 2 is 1.93 bits per heavy atom. The summed E-state index contributed by atoms with van der Waals surface area (Å²) in [5.74, 6) is 0.237. The van der Waals surface area contributed by atoms with E-state index in [1.807, 2.05) is 19.1 Å². The quantitative estimate of drug-likeness (QED) is 0.555. The lowest BCUT2D eigenvalue weighted by Gasteiger charge is -2.01. The van der Waals surface area contributed by atoms with Gasteiger partial charge in [-0.15, -0.1) is 0 Å². The highest BCUT2D eigenvalue weighted by Gasteiger charge is 2.10. The maximum atomic E-state index is 11.4. The van der Waals surface area contributed by atoms with Gasteiger partial charge in [0.1, 0.15) is 5.75 Å². The Bertz CT molecular complexity index is 440. The topological polar surface area (TPSA) is 39.4 Å². The number of aryl methyl sites for hydroxylation is 1. The molecular formula is C12H10O3. The van der Waals surface area contributed by atoms with E-state index in [0.29, 0.717) is 5.75 Å². The zero-order chi connectivity index (χ0) is 10.7. The van der Waals surface area contributed by atoms with Crippen molar-refractivity contribution in [2.45, 2.75) is 6.92 Å². The summed E-state index contributed by atoms with van der Waals surface area (Å²) in [6, 6.07) is 10.5. The van der Waals surface area contributed by atoms with Crippen molar-refractivity contribution in [2.24, 2.45) is 0 Å². The van der Waals surface area contributed by atoms with Crippen LogP contribution in [0.25, 0.3) is 0 Å². The number of ether oxygens (including phenoxy) is 1. The fraction of sp³-hybridized carbons (Fsp3) is 0.0833. The van der Waals surface area contributed by atoms with Gasteiger partial charge in [0.2, 0.25) is 5.76 Å². The van der Waals surface area contributed by atoms with Crippen molar-refractivity contribution in [2.75, 3.05) is 0 Å². The Hall–Kier alpha value is -2.03. The first-order chi connectivity index (χ1) is 7.25. The van der Waals surface area contributed by atoms with Crippen molar-refractivity contribution in [1.82, 2.24) is 0 Å². The van der Waals surface area contributed by atoms with Crippen molar-refractivity contribution >= 4 is 5.97 Å². The van der Waals surface area contributed by atoms with E-state index in [0.717, 1.165) is 5.56 Å². The summed E-state index contributed by atoms with van der Waals surface area (Å²) in [4.78, 5) is 11.4. The molecule has 1 aromatic carbocycles. The number of furan rings is 1. The highest BCUT2D eigenvalue weighted by Crippen LogP contribution is 2.13. The first kappa shape index (κ1) is 9.52. The van der Waals surface area contributed by atoms with Crippen LogP contribution in [0.1, 0.15) is 16.1 Å². The molecule has 0 radical (unpaired) electrons. The summed E-state index contributed by atoms with van der Waals surface area (Å²) in [5, 5.41) is 0. The molecule has 15 heavy (non-hydrogen) atoms. The predicted molar refractivity (Wildman–Crippen MR) is 54.8 cm³/mol. The monoisotopic (exact) mass is 202 g/mol. The Kier molecular flexibility index (Phi) is 2.54. The van der Waals surface area contributed by atoms with Crippen LogP contribution in [0.2, 0.25) is 0 Å². The van der Waals surface area contributed by atoms with Gasteiger partial charge >= 0.3 is 5.97 Å². The van der Waals surface area contributed by atoms with Crippen LogP contribution in [-0.2, 0) is 0 Å². The third-order valence-corrected chi connectivity index (χ3v) is 1.95. The molecule has 0 N–H and O–H groups in total. The molecule has 0 atom stereocenters. The second-order valence-electron chi connectivity index (χ2n) is 3.18. The minimum absolute atomic E-state index is 0.204. The molecule has 2 rings (SSSR count). The largest absolute Gasteiger partial charge is 0.457 e. The molecule has 0 bridgehead atoms. The zero-order valence-corrected chi connectivity index (χ0v) is 8.27. The maximum absolute atomic E-state index is 11.4. The second kappa shape index (κ2) is 4.00. The van der Waals surface area contributed by atoms with Gasteiger partial charge in [-0.25, -0.2) is 4.79 Å². The van der Waals surface area contributed by atoms with Crippen LogP contribution in [0.3, 0.4) is 0 Å². The van der Waals surface area contributed by atoms with Gasteiger partial charge in [-0.1, -0.05) is 17.7 Å². The molecule has 0 amide bonds. The van der Waals surface area contributed by atoms with Crippen LogP contribution < -0.4 is 4.74 Å². The van der Waals surface area contributed by atoms with E-state index in [2.05, 4.69) is 0 Å². The van der Waals surface area contributed by atoms with E-state index in [1.165, 1.54) is 6.26 Å². The van der Waals surface area contributed by atoms with E-state index in [-0.39, 0.29) is 5.76 Å². The summed E-state index contributed by atoms with van der Waals surface area (Å²) < 4.78 is 10.00. The summed E-state index contributed by atoms with van der Waals surface area (Å²) in [7, 11) is 0. The molecule has 0 unspecified atom stereocenters. The summed E-state index contributed by atoms with van der Waals surface area (Å²) in [5.41, 5.74) is 1.12. The Morgan fingerprint density at radius 1 is 1.20 bits per heavy atom. The molecule has 0 spiro atoms. The van der Waals surface area contributed by atoms with Crippen molar-refractivity contribution < 1.29 is 13.9 Å². The lowest BCUT2D eigenvalue weighted by atomic mass is 10.2. The van der Waals surface area contributed by atoms with E-state index in [9.17, 15) is 4.79 Å². The average Bonchev–Trinajstić information content (AvgIpc) is 2.74. The molecule has 76 valence electrons. The molecule has 0 fully saturated rings. The predicted octanol–water partition coefficient (Wildman–Crippen LogP) is 2.81. The normalized spacial score (nSPS) is 9.93. The van der Waals surface area contributed by atoms with Gasteiger partial charge in [0.25, 0.3) is 0 Å². The van der Waals surface area contributed by atoms with Crippen molar-refractivity contribution in [3.05, 3.63) is 54.0 Å². The van der Waals surface area contributed by atoms with Crippen LogP contribution in [0, 0.1) is 6.92 Å². The number of carbonyl (C=O) groups excluding carboxylic acids is 1. The van der Waals surface area contributed by atoms with E-state index in [1.54, 1.807) is 24.3 Å². The first-order valence-electron chi connectivity index (χ1n) is 4.58. The molecule has 0 aliphatic carbocycles. The third kappa shape index (κ3) is 2.26. The smallest absolute Gasteiger partial charge is 0.379 e. The van der Waals surface area contributed by atoms with Crippen molar-refractivity contribution in [3.8, 4) is 5.75 Å². The van der Waals surface area contributed by atoms with Gasteiger partial charge in [-0.3, -0.25) is 0 Å². The van der Waals surface area contributed by atoms with Gasteiger partial charge in [0.15, 0.2) is 0 Å². The maximum Gasteiger partial charge on any atom is 0.379 e. The standard InChI is InChI=1S/C12H10O3/c1-9-4-6-10(7-5-9)15-12(13)11-3-2-8-14-11/h2-8H,1H3. The van der Waals surface area contributed by atoms with E-state index in [4.69, 9.17) is 9.15 Å². The fourth-order valence-electron chi connectivity index (χ4n) is 1.16. The molecule has 3 nitrogen and oxygen atoms in total. The highest BCUT2D eigenvalue weighted by molar-refractivity contribution is 5.88. The Balaban J connectivity index is 2.09. The van der Waals surface area contributed by atoms with Gasteiger partial charge in [-0.05, 0) is 31.2 Å². The zero-order valence-electron chi connectivity index (χ0n) is 8.27. The van der Waals surface area contributed by atoms with E-state index < -0.39 is 5.97 Å². The lowest BCUT2D eigenvalue weighted by Crippen LogP contribution is -2.06. The molecular weight excluding hydrogens is 192 g/mol. The van der Waals surface area contributed by atoms with Crippen LogP contribution in [0.4, 0.5) is 0 Å². The molecule has 2 aromatic rings. The molecule has 0 saturated heterocycles. The minimum atomic E-state index is -0.483. The number of hydrogen-bond acceptors (Lipinski definition) is 3. The number of esters is 1. The lowest BCUT2D eigenvalue weighted by molar-refractivity contribution is 0.0701. The fourth-order valence-corrected chi connectivity index (χ4v) is 1.16. The summed E-state index contributed by atoms with van der Waals surface area (Å²) >= 11 is 0. The summed E-state index contributed by atoms with van der Waals surface area (Å²) in [6.07, 6.45) is 1.44. The molecule has 0 saturated carbocycles. The SMILES string of the molecule is Cc1ccc(OC(=O)c2ccco2)cc1. The van der Waals surface area contributed by atoms with Crippen LogP contribution in [0.5, 0.6) is 5.75 Å². The molecule has 1 aromatic heterocycles. The van der Waals surface area contributed by atoms with Gasteiger partial charge in [-0.2, -0.15) is 0 Å². The third-order valence-electron chi connectivity index (χ3n) is 1.95. The average molecular weight is 202 g/mol. The van der Waals surface area contributed by atoms with Gasteiger partial charge in [0, 0.05) is 0 Å². The highest BCUT2D eigenvalue weighted by atomic mass is 16.5. The van der Waals surface area contributed by atoms with E-state index >= 15 is 0 Å². The summed E-state index contributed by atoms with van der Waals surface area (Å²) in [6.45, 7) is 1.97. The Labute approximate surface area is 87.3 Å². The molecule has 3 heteroatoms. The molecule has 0 aliphatic rings. The van der Waals surface area contributed by atoms with Crippen LogP contribution >= 0.6 is 0 Å². The Morgan fingerprint density at radius 3 is 2.53 bits per heavy atom. The van der Waals surface area contributed by atoms with Crippen molar-refractivity contribution in [1.29, 1.82) is 0 Å². The van der Waals surface area contributed by atoms with Crippen molar-refractivity contribution in [3.63, 3.8) is 0 Å². The van der Waals surface area contributed by atoms with Gasteiger partial charge in [0.05, 0.1) is 6.26 Å². The number of benzene rings is 1. The second-order valence-corrected chi connectivity index (χ2v) is 3.18. The minimum Gasteiger partial charge on any atom is -0.457 e. The number of carbonyl (C=O) groups is 1. The molecule has 1 heterocycles. The first-order valence-corrected chi connectivity index (χ1v) is 4.58. The number of hydrogen-bond donors (Lipinski definition) is 0. The van der Waals surface area contributed by atoms with Crippen LogP contribution in [0.15, 0.2) is 47.1 Å². The van der Waals surface area contributed by atoms with Crippen LogP contribution in [-0.4, -0.2) is 5.97 Å². The molecule has 0 aliphatic heterocycles.